The monoisotopic (exact) mass is 399 g/mol. The predicted molar refractivity (Wildman–Crippen MR) is 115 cm³/mol. The highest BCUT2D eigenvalue weighted by atomic mass is 16.2. The lowest BCUT2D eigenvalue weighted by molar-refractivity contribution is -0.137. The van der Waals surface area contributed by atoms with Crippen LogP contribution in [-0.4, -0.2) is 79.0 Å². The molecule has 0 saturated carbocycles. The molecule has 3 rings (SSSR count). The Labute approximate surface area is 173 Å². The Morgan fingerprint density at radius 2 is 1.76 bits per heavy atom. The Kier molecular flexibility index (Phi) is 8.07. The van der Waals surface area contributed by atoms with Crippen LogP contribution in [0.2, 0.25) is 0 Å². The molecule has 2 N–H and O–H groups in total. The van der Waals surface area contributed by atoms with Gasteiger partial charge in [0.25, 0.3) is 0 Å². The molecular formula is C22H33N5O2. The van der Waals surface area contributed by atoms with Crippen LogP contribution in [0.15, 0.2) is 36.4 Å². The molecule has 158 valence electrons. The molecule has 2 heterocycles. The molecule has 0 bridgehead atoms. The maximum absolute atomic E-state index is 12.3. The van der Waals surface area contributed by atoms with E-state index in [1.165, 1.54) is 18.0 Å². The van der Waals surface area contributed by atoms with E-state index in [0.717, 1.165) is 50.4 Å². The molecule has 7 heteroatoms. The Hall–Kier alpha value is -2.38. The smallest absolute Gasteiger partial charge is 0.245 e. The van der Waals surface area contributed by atoms with Crippen molar-refractivity contribution in [2.75, 3.05) is 52.4 Å². The van der Waals surface area contributed by atoms with Crippen molar-refractivity contribution >= 4 is 17.5 Å². The number of carbonyl (C=O) groups is 2. The lowest BCUT2D eigenvalue weighted by Crippen LogP contribution is -2.49. The molecule has 1 fully saturated rings. The maximum Gasteiger partial charge on any atom is 0.245 e. The van der Waals surface area contributed by atoms with Gasteiger partial charge in [0.05, 0.1) is 5.70 Å². The minimum atomic E-state index is -0.132. The molecule has 2 amide bonds. The fourth-order valence-corrected chi connectivity index (χ4v) is 3.76. The van der Waals surface area contributed by atoms with Crippen molar-refractivity contribution < 1.29 is 9.59 Å². The molecule has 0 spiro atoms. The maximum atomic E-state index is 12.3. The molecule has 1 saturated heterocycles. The van der Waals surface area contributed by atoms with Gasteiger partial charge in [-0.2, -0.15) is 0 Å². The molecule has 29 heavy (non-hydrogen) atoms. The van der Waals surface area contributed by atoms with E-state index in [0.29, 0.717) is 13.0 Å². The molecule has 2 aliphatic heterocycles. The van der Waals surface area contributed by atoms with Crippen molar-refractivity contribution in [1.82, 2.24) is 25.6 Å². The second-order valence-electron chi connectivity index (χ2n) is 7.67. The van der Waals surface area contributed by atoms with Gasteiger partial charge in [-0.3, -0.25) is 15.0 Å². The summed E-state index contributed by atoms with van der Waals surface area (Å²) in [4.78, 5) is 29.4. The van der Waals surface area contributed by atoms with Gasteiger partial charge in [-0.25, -0.2) is 5.01 Å². The number of carbonyl (C=O) groups excluding carboxylic acids is 2. The number of rotatable bonds is 9. The summed E-state index contributed by atoms with van der Waals surface area (Å²) in [5.41, 5.74) is 4.94. The Bertz CT molecular complexity index is 698. The van der Waals surface area contributed by atoms with E-state index in [1.54, 1.807) is 0 Å². The zero-order chi connectivity index (χ0) is 20.5. The van der Waals surface area contributed by atoms with Gasteiger partial charge in [-0.15, -0.1) is 0 Å². The SMILES string of the molecule is CCCN1CCN(CCCNC(=O)CN2NC(c3ccccc3)=CCC2=O)CC1. The third-order valence-corrected chi connectivity index (χ3v) is 5.40. The Balaban J connectivity index is 1.34. The average Bonchev–Trinajstić information content (AvgIpc) is 2.75. The topological polar surface area (TPSA) is 67.9 Å². The molecule has 0 radical (unpaired) electrons. The highest BCUT2D eigenvalue weighted by molar-refractivity contribution is 5.88. The molecule has 1 aromatic carbocycles. The summed E-state index contributed by atoms with van der Waals surface area (Å²) >= 11 is 0. The van der Waals surface area contributed by atoms with E-state index in [-0.39, 0.29) is 18.4 Å². The number of benzene rings is 1. The summed E-state index contributed by atoms with van der Waals surface area (Å²) in [6, 6.07) is 9.82. The number of nitrogens with one attached hydrogen (secondary N) is 2. The average molecular weight is 400 g/mol. The first-order valence-corrected chi connectivity index (χ1v) is 10.7. The van der Waals surface area contributed by atoms with Crippen LogP contribution in [0.3, 0.4) is 0 Å². The lowest BCUT2D eigenvalue weighted by Gasteiger charge is -2.34. The minimum Gasteiger partial charge on any atom is -0.354 e. The summed E-state index contributed by atoms with van der Waals surface area (Å²) < 4.78 is 0. The molecule has 1 aromatic rings. The van der Waals surface area contributed by atoms with Crippen LogP contribution in [0, 0.1) is 0 Å². The standard InChI is InChI=1S/C22H33N5O2/c1-2-12-25-14-16-26(17-15-25)13-6-11-23-21(28)18-27-22(29)10-9-20(24-27)19-7-4-3-5-8-19/h3-5,7-9,24H,2,6,10-18H2,1H3,(H,23,28). The van der Waals surface area contributed by atoms with E-state index in [2.05, 4.69) is 27.5 Å². The van der Waals surface area contributed by atoms with Crippen LogP contribution in [0.4, 0.5) is 0 Å². The fraction of sp³-hybridized carbons (Fsp3) is 0.545. The second kappa shape index (κ2) is 11.0. The third kappa shape index (κ3) is 6.58. The van der Waals surface area contributed by atoms with Gasteiger partial charge in [-0.05, 0) is 37.6 Å². The van der Waals surface area contributed by atoms with Crippen LogP contribution < -0.4 is 10.7 Å². The highest BCUT2D eigenvalue weighted by Crippen LogP contribution is 2.16. The quantitative estimate of drug-likeness (QED) is 0.613. The largest absolute Gasteiger partial charge is 0.354 e. The van der Waals surface area contributed by atoms with E-state index in [1.807, 2.05) is 36.4 Å². The van der Waals surface area contributed by atoms with Crippen LogP contribution in [0.1, 0.15) is 31.7 Å². The molecule has 0 aromatic heterocycles. The van der Waals surface area contributed by atoms with Crippen molar-refractivity contribution in [2.45, 2.75) is 26.2 Å². The highest BCUT2D eigenvalue weighted by Gasteiger charge is 2.22. The van der Waals surface area contributed by atoms with Gasteiger partial charge in [-0.1, -0.05) is 37.3 Å². The van der Waals surface area contributed by atoms with E-state index in [9.17, 15) is 9.59 Å². The van der Waals surface area contributed by atoms with Crippen LogP contribution in [-0.2, 0) is 9.59 Å². The van der Waals surface area contributed by atoms with Gasteiger partial charge in [0.1, 0.15) is 6.54 Å². The van der Waals surface area contributed by atoms with Crippen molar-refractivity contribution in [3.8, 4) is 0 Å². The second-order valence-corrected chi connectivity index (χ2v) is 7.67. The first-order chi connectivity index (χ1) is 14.2. The molecule has 7 nitrogen and oxygen atoms in total. The minimum absolute atomic E-state index is 0.0265. The number of amides is 2. The van der Waals surface area contributed by atoms with Gasteiger partial charge in [0.2, 0.25) is 11.8 Å². The van der Waals surface area contributed by atoms with Gasteiger partial charge in [0, 0.05) is 39.1 Å². The molecule has 2 aliphatic rings. The molecular weight excluding hydrogens is 366 g/mol. The van der Waals surface area contributed by atoms with E-state index in [4.69, 9.17) is 0 Å². The Morgan fingerprint density at radius 1 is 1.07 bits per heavy atom. The summed E-state index contributed by atoms with van der Waals surface area (Å²) in [5, 5.41) is 4.35. The van der Waals surface area contributed by atoms with Crippen LogP contribution >= 0.6 is 0 Å². The first kappa shape index (κ1) is 21.3. The first-order valence-electron chi connectivity index (χ1n) is 10.7. The van der Waals surface area contributed by atoms with Crippen LogP contribution in [0.25, 0.3) is 5.70 Å². The third-order valence-electron chi connectivity index (χ3n) is 5.40. The zero-order valence-electron chi connectivity index (χ0n) is 17.4. The Morgan fingerprint density at radius 3 is 2.45 bits per heavy atom. The van der Waals surface area contributed by atoms with E-state index < -0.39 is 0 Å². The van der Waals surface area contributed by atoms with Crippen LogP contribution in [0.5, 0.6) is 0 Å². The lowest BCUT2D eigenvalue weighted by atomic mass is 10.1. The summed E-state index contributed by atoms with van der Waals surface area (Å²) in [5.74, 6) is -0.224. The molecule has 0 atom stereocenters. The van der Waals surface area contributed by atoms with Gasteiger partial charge < -0.3 is 15.1 Å². The normalized spacial score (nSPS) is 18.3. The number of nitrogens with zero attached hydrogens (tertiary/aromatic N) is 3. The van der Waals surface area contributed by atoms with E-state index >= 15 is 0 Å². The molecule has 0 aliphatic carbocycles. The van der Waals surface area contributed by atoms with Gasteiger partial charge >= 0.3 is 0 Å². The summed E-state index contributed by atoms with van der Waals surface area (Å²) in [6.45, 7) is 9.57. The predicted octanol–water partition coefficient (Wildman–Crippen LogP) is 1.30. The number of hydrogen-bond donors (Lipinski definition) is 2. The van der Waals surface area contributed by atoms with Crippen molar-refractivity contribution in [2.24, 2.45) is 0 Å². The fourth-order valence-electron chi connectivity index (χ4n) is 3.76. The summed E-state index contributed by atoms with van der Waals surface area (Å²) in [7, 11) is 0. The number of hydrogen-bond acceptors (Lipinski definition) is 5. The van der Waals surface area contributed by atoms with Crippen molar-refractivity contribution in [3.63, 3.8) is 0 Å². The van der Waals surface area contributed by atoms with Crippen molar-refractivity contribution in [3.05, 3.63) is 42.0 Å². The number of piperazine rings is 1. The van der Waals surface area contributed by atoms with Gasteiger partial charge in [0.15, 0.2) is 0 Å². The number of hydrazine groups is 1. The summed E-state index contributed by atoms with van der Waals surface area (Å²) in [6.07, 6.45) is 4.31. The van der Waals surface area contributed by atoms with Crippen molar-refractivity contribution in [1.29, 1.82) is 0 Å². The zero-order valence-corrected chi connectivity index (χ0v) is 17.4. The molecule has 0 unspecified atom stereocenters.